The average molecular weight is 433 g/mol. The van der Waals surface area contributed by atoms with E-state index in [1.54, 1.807) is 0 Å². The van der Waals surface area contributed by atoms with Crippen molar-refractivity contribution in [1.29, 1.82) is 0 Å². The maximum atomic E-state index is 11.6. The van der Waals surface area contributed by atoms with E-state index >= 15 is 0 Å². The van der Waals surface area contributed by atoms with Crippen molar-refractivity contribution < 1.29 is 15.3 Å². The highest BCUT2D eigenvalue weighted by molar-refractivity contribution is 5.17. The number of fused-ring (bicyclic) bond motifs is 5. The third kappa shape index (κ3) is 3.56. The van der Waals surface area contributed by atoms with Crippen molar-refractivity contribution in [3.05, 3.63) is 12.2 Å². The van der Waals surface area contributed by atoms with Crippen molar-refractivity contribution in [1.82, 2.24) is 0 Å². The van der Waals surface area contributed by atoms with E-state index in [4.69, 9.17) is 0 Å². The van der Waals surface area contributed by atoms with Crippen LogP contribution >= 0.6 is 0 Å². The van der Waals surface area contributed by atoms with Gasteiger partial charge in [-0.15, -0.1) is 0 Å². The molecule has 178 valence electrons. The molecular formula is C28H48O3. The molecule has 3 nitrogen and oxygen atoms in total. The van der Waals surface area contributed by atoms with Gasteiger partial charge >= 0.3 is 0 Å². The van der Waals surface area contributed by atoms with Gasteiger partial charge in [-0.25, -0.2) is 0 Å². The fourth-order valence-electron chi connectivity index (χ4n) is 9.14. The van der Waals surface area contributed by atoms with Crippen LogP contribution in [0.2, 0.25) is 0 Å². The predicted molar refractivity (Wildman–Crippen MR) is 126 cm³/mol. The van der Waals surface area contributed by atoms with Gasteiger partial charge in [-0.2, -0.15) is 0 Å². The Morgan fingerprint density at radius 1 is 1.00 bits per heavy atom. The van der Waals surface area contributed by atoms with E-state index in [0.29, 0.717) is 41.4 Å². The molecule has 4 rings (SSSR count). The van der Waals surface area contributed by atoms with E-state index in [9.17, 15) is 15.3 Å². The first-order valence-electron chi connectivity index (χ1n) is 13.2. The number of allylic oxidation sites excluding steroid dienone is 1. The van der Waals surface area contributed by atoms with Crippen LogP contribution in [0, 0.1) is 46.3 Å². The smallest absolute Gasteiger partial charge is 0.0985 e. The first-order valence-corrected chi connectivity index (χ1v) is 13.2. The molecule has 0 heterocycles. The molecule has 0 spiro atoms. The van der Waals surface area contributed by atoms with Crippen molar-refractivity contribution in [3.63, 3.8) is 0 Å². The second-order valence-corrected chi connectivity index (χ2v) is 12.9. The zero-order valence-corrected chi connectivity index (χ0v) is 20.7. The zero-order chi connectivity index (χ0) is 22.8. The first-order chi connectivity index (χ1) is 14.4. The minimum absolute atomic E-state index is 0.269. The van der Waals surface area contributed by atoms with Crippen LogP contribution in [0.3, 0.4) is 0 Å². The average Bonchev–Trinajstić information content (AvgIpc) is 3.05. The summed E-state index contributed by atoms with van der Waals surface area (Å²) in [4.78, 5) is 0. The fraction of sp³-hybridized carbons (Fsp3) is 0.929. The van der Waals surface area contributed by atoms with Gasteiger partial charge in [0.15, 0.2) is 0 Å². The molecule has 10 atom stereocenters. The second kappa shape index (κ2) is 8.13. The third-order valence-corrected chi connectivity index (χ3v) is 11.3. The van der Waals surface area contributed by atoms with Gasteiger partial charge in [0, 0.05) is 11.8 Å². The second-order valence-electron chi connectivity index (χ2n) is 12.9. The highest BCUT2D eigenvalue weighted by Crippen LogP contribution is 2.69. The van der Waals surface area contributed by atoms with E-state index in [0.717, 1.165) is 31.6 Å². The maximum Gasteiger partial charge on any atom is 0.0985 e. The van der Waals surface area contributed by atoms with Crippen molar-refractivity contribution in [2.24, 2.45) is 46.3 Å². The van der Waals surface area contributed by atoms with Crippen LogP contribution in [0.1, 0.15) is 98.8 Å². The van der Waals surface area contributed by atoms with E-state index in [-0.39, 0.29) is 5.41 Å². The van der Waals surface area contributed by atoms with Gasteiger partial charge in [-0.05, 0) is 98.7 Å². The quantitative estimate of drug-likeness (QED) is 0.487. The lowest BCUT2D eigenvalue weighted by Crippen LogP contribution is -2.68. The molecular weight excluding hydrogens is 384 g/mol. The summed E-state index contributed by atoms with van der Waals surface area (Å²) in [5.74, 6) is 3.70. The molecule has 0 aromatic heterocycles. The zero-order valence-electron chi connectivity index (χ0n) is 20.7. The largest absolute Gasteiger partial charge is 0.393 e. The highest BCUT2D eigenvalue weighted by Gasteiger charge is 2.67. The Hall–Kier alpha value is -0.380. The molecule has 0 amide bonds. The van der Waals surface area contributed by atoms with Gasteiger partial charge in [0.2, 0.25) is 0 Å². The van der Waals surface area contributed by atoms with E-state index in [1.165, 1.54) is 37.7 Å². The summed E-state index contributed by atoms with van der Waals surface area (Å²) in [5.41, 5.74) is 0.355. The van der Waals surface area contributed by atoms with Crippen LogP contribution in [-0.2, 0) is 0 Å². The molecule has 4 aliphatic carbocycles. The lowest BCUT2D eigenvalue weighted by atomic mass is 9.42. The third-order valence-electron chi connectivity index (χ3n) is 11.3. The molecule has 0 saturated heterocycles. The van der Waals surface area contributed by atoms with Gasteiger partial charge in [-0.1, -0.05) is 46.8 Å². The van der Waals surface area contributed by atoms with Gasteiger partial charge in [0.05, 0.1) is 17.8 Å². The number of aliphatic hydroxyl groups is 3. The maximum absolute atomic E-state index is 11.6. The van der Waals surface area contributed by atoms with Crippen molar-refractivity contribution in [2.45, 2.75) is 117 Å². The topological polar surface area (TPSA) is 60.7 Å². The molecule has 0 aromatic rings. The van der Waals surface area contributed by atoms with E-state index in [2.05, 4.69) is 41.2 Å². The van der Waals surface area contributed by atoms with Gasteiger partial charge in [0.1, 0.15) is 0 Å². The summed E-state index contributed by atoms with van der Waals surface area (Å²) in [5, 5.41) is 33.1. The Morgan fingerprint density at radius 2 is 1.71 bits per heavy atom. The molecule has 4 fully saturated rings. The first kappa shape index (κ1) is 23.8. The standard InChI is InChI=1S/C28H48O3/c1-17(2)18(3)7-8-19(4)22-9-10-23-21-15-25(30)28(31)16-20(29)11-14-27(28,6)24(21)12-13-26(22,23)5/h17,19-25,29-31H,3,7-16H2,1-2,4-6H3/t19-,20+,21+,22-,23+,24+,25-,26-,27-,28+/m1/s1. The van der Waals surface area contributed by atoms with E-state index < -0.39 is 17.8 Å². The Morgan fingerprint density at radius 3 is 2.39 bits per heavy atom. The summed E-state index contributed by atoms with van der Waals surface area (Å²) in [6.45, 7) is 16.1. The summed E-state index contributed by atoms with van der Waals surface area (Å²) >= 11 is 0. The molecule has 3 N–H and O–H groups in total. The van der Waals surface area contributed by atoms with Crippen LogP contribution in [0.4, 0.5) is 0 Å². The van der Waals surface area contributed by atoms with Crippen molar-refractivity contribution in [2.75, 3.05) is 0 Å². The molecule has 0 bridgehead atoms. The molecule has 4 aliphatic rings. The summed E-state index contributed by atoms with van der Waals surface area (Å²) in [7, 11) is 0. The monoisotopic (exact) mass is 432 g/mol. The molecule has 31 heavy (non-hydrogen) atoms. The molecule has 0 aliphatic heterocycles. The predicted octanol–water partition coefficient (Wildman–Crippen LogP) is 5.72. The van der Waals surface area contributed by atoms with Crippen molar-refractivity contribution in [3.8, 4) is 0 Å². The molecule has 0 radical (unpaired) electrons. The lowest BCUT2D eigenvalue weighted by molar-refractivity contribution is -0.264. The number of hydrogen-bond donors (Lipinski definition) is 3. The van der Waals surface area contributed by atoms with Crippen LogP contribution in [0.5, 0.6) is 0 Å². The van der Waals surface area contributed by atoms with Crippen LogP contribution in [0.25, 0.3) is 0 Å². The van der Waals surface area contributed by atoms with Crippen LogP contribution < -0.4 is 0 Å². The van der Waals surface area contributed by atoms with Gasteiger partial charge in [0.25, 0.3) is 0 Å². The summed E-state index contributed by atoms with van der Waals surface area (Å²) in [6.07, 6.45) is 8.88. The Kier molecular flexibility index (Phi) is 6.24. The molecule has 0 aromatic carbocycles. The molecule has 4 saturated carbocycles. The normalized spacial score (nSPS) is 50.5. The van der Waals surface area contributed by atoms with E-state index in [1.807, 2.05) is 0 Å². The summed E-state index contributed by atoms with van der Waals surface area (Å²) < 4.78 is 0. The fourth-order valence-corrected chi connectivity index (χ4v) is 9.14. The molecule has 3 heteroatoms. The van der Waals surface area contributed by atoms with Crippen LogP contribution in [0.15, 0.2) is 12.2 Å². The molecule has 0 unspecified atom stereocenters. The van der Waals surface area contributed by atoms with Crippen LogP contribution in [-0.4, -0.2) is 33.1 Å². The number of hydrogen-bond acceptors (Lipinski definition) is 3. The number of aliphatic hydroxyl groups excluding tert-OH is 2. The van der Waals surface area contributed by atoms with Gasteiger partial charge < -0.3 is 15.3 Å². The SMILES string of the molecule is C=C(CC[C@@H](C)[C@H]1CC[C@H]2[C@@H]3C[C@@H](O)[C@@]4(O)C[C@@H](O)CC[C@]4(C)[C@H]3CC[C@]12C)C(C)C. The lowest BCUT2D eigenvalue weighted by Gasteiger charge is -2.65. The van der Waals surface area contributed by atoms with Gasteiger partial charge in [-0.3, -0.25) is 0 Å². The Bertz CT molecular complexity index is 688. The Labute approximate surface area is 190 Å². The minimum atomic E-state index is -1.12. The number of rotatable bonds is 5. The van der Waals surface area contributed by atoms with Crippen molar-refractivity contribution >= 4 is 0 Å². The summed E-state index contributed by atoms with van der Waals surface area (Å²) in [6, 6.07) is 0. The highest BCUT2D eigenvalue weighted by atomic mass is 16.3. The minimum Gasteiger partial charge on any atom is -0.393 e. The Balaban J connectivity index is 1.53.